The van der Waals surface area contributed by atoms with Crippen molar-refractivity contribution in [3.05, 3.63) is 59.5 Å². The van der Waals surface area contributed by atoms with E-state index >= 15 is 0 Å². The van der Waals surface area contributed by atoms with Gasteiger partial charge >= 0.3 is 0 Å². The fraction of sp³-hybridized carbons (Fsp3) is 0.316. The monoisotopic (exact) mass is 451 g/mol. The second-order valence-electron chi connectivity index (χ2n) is 6.96. The molecule has 1 N–H and O–H groups in total. The van der Waals surface area contributed by atoms with Gasteiger partial charge in [0, 0.05) is 31.1 Å². The van der Waals surface area contributed by atoms with Gasteiger partial charge in [-0.05, 0) is 43.5 Å². The lowest BCUT2D eigenvalue weighted by molar-refractivity contribution is 0.186. The van der Waals surface area contributed by atoms with Gasteiger partial charge < -0.3 is 4.74 Å². The Labute approximate surface area is 178 Å². The Morgan fingerprint density at radius 1 is 1.23 bits per heavy atom. The number of hydrogen-bond donors (Lipinski definition) is 1. The summed E-state index contributed by atoms with van der Waals surface area (Å²) < 4.78 is 50.0. The summed E-state index contributed by atoms with van der Waals surface area (Å²) in [7, 11) is -2.37. The quantitative estimate of drug-likeness (QED) is 0.615. The SMILES string of the molecule is Cn1nccc1[C@H]1CCC[C@@H]1Oc1ccc(S(=O)(=O)Nc2ccncn2)c(F)c1Cl. The van der Waals surface area contributed by atoms with Gasteiger partial charge in [-0.15, -0.1) is 0 Å². The second-order valence-corrected chi connectivity index (χ2v) is 8.99. The van der Waals surface area contributed by atoms with Crippen LogP contribution in [0.3, 0.4) is 0 Å². The van der Waals surface area contributed by atoms with Crippen LogP contribution in [0.5, 0.6) is 5.75 Å². The zero-order chi connectivity index (χ0) is 21.3. The third-order valence-corrected chi connectivity index (χ3v) is 6.82. The number of nitrogens with one attached hydrogen (secondary N) is 1. The summed E-state index contributed by atoms with van der Waals surface area (Å²) in [6.45, 7) is 0. The van der Waals surface area contributed by atoms with E-state index in [-0.39, 0.29) is 28.6 Å². The first-order valence-corrected chi connectivity index (χ1v) is 11.1. The van der Waals surface area contributed by atoms with Gasteiger partial charge in [0.2, 0.25) is 0 Å². The largest absolute Gasteiger partial charge is 0.488 e. The Balaban J connectivity index is 1.58. The zero-order valence-electron chi connectivity index (χ0n) is 16.0. The Bertz CT molecular complexity index is 1160. The maximum absolute atomic E-state index is 14.9. The number of ether oxygens (including phenoxy) is 1. The number of hydrogen-bond acceptors (Lipinski definition) is 6. The number of nitrogens with zero attached hydrogens (tertiary/aromatic N) is 4. The highest BCUT2D eigenvalue weighted by Gasteiger charge is 2.33. The predicted molar refractivity (Wildman–Crippen MR) is 108 cm³/mol. The van der Waals surface area contributed by atoms with Crippen molar-refractivity contribution >= 4 is 27.4 Å². The average Bonchev–Trinajstić information content (AvgIpc) is 3.34. The van der Waals surface area contributed by atoms with E-state index in [4.69, 9.17) is 16.3 Å². The highest BCUT2D eigenvalue weighted by Crippen LogP contribution is 2.40. The van der Waals surface area contributed by atoms with Crippen molar-refractivity contribution < 1.29 is 17.5 Å². The highest BCUT2D eigenvalue weighted by atomic mass is 35.5. The molecular weight excluding hydrogens is 433 g/mol. The van der Waals surface area contributed by atoms with Crippen LogP contribution in [-0.4, -0.2) is 34.3 Å². The van der Waals surface area contributed by atoms with Gasteiger partial charge in [-0.25, -0.2) is 22.8 Å². The van der Waals surface area contributed by atoms with Gasteiger partial charge in [-0.2, -0.15) is 5.10 Å². The lowest BCUT2D eigenvalue weighted by Gasteiger charge is -2.22. The molecule has 1 aliphatic carbocycles. The molecule has 1 fully saturated rings. The topological polar surface area (TPSA) is 99.0 Å². The normalized spacial score (nSPS) is 19.0. The van der Waals surface area contributed by atoms with E-state index in [1.54, 1.807) is 10.9 Å². The maximum atomic E-state index is 14.9. The van der Waals surface area contributed by atoms with Crippen molar-refractivity contribution in [3.63, 3.8) is 0 Å². The van der Waals surface area contributed by atoms with E-state index in [1.807, 2.05) is 13.1 Å². The van der Waals surface area contributed by atoms with Crippen molar-refractivity contribution in [2.45, 2.75) is 36.2 Å². The summed E-state index contributed by atoms with van der Waals surface area (Å²) in [5.74, 6) is -0.856. The fourth-order valence-corrected chi connectivity index (χ4v) is 5.03. The zero-order valence-corrected chi connectivity index (χ0v) is 17.6. The standard InChI is InChI=1S/C19H19ClFN5O3S/c1-26-13(7-10-24-26)12-3-2-4-14(12)29-15-5-6-16(19(21)18(15)20)30(27,28)25-17-8-9-22-11-23-17/h5-12,14H,2-4H2,1H3,(H,22,23,25)/t12-,14+/m1/s1. The molecule has 1 saturated carbocycles. The van der Waals surface area contributed by atoms with Gasteiger partial charge in [0.15, 0.2) is 5.82 Å². The van der Waals surface area contributed by atoms with Crippen LogP contribution in [0.15, 0.2) is 47.9 Å². The molecule has 4 rings (SSSR count). The van der Waals surface area contributed by atoms with Gasteiger partial charge in [-0.1, -0.05) is 11.6 Å². The first kappa shape index (κ1) is 20.5. The van der Waals surface area contributed by atoms with Crippen molar-refractivity contribution in [2.24, 2.45) is 7.05 Å². The summed E-state index contributed by atoms with van der Waals surface area (Å²) >= 11 is 6.15. The van der Waals surface area contributed by atoms with E-state index in [2.05, 4.69) is 19.8 Å². The molecule has 2 aromatic heterocycles. The number of aryl methyl sites for hydroxylation is 1. The Morgan fingerprint density at radius 3 is 2.77 bits per heavy atom. The number of halogens is 2. The molecule has 2 atom stereocenters. The smallest absolute Gasteiger partial charge is 0.266 e. The Morgan fingerprint density at radius 2 is 2.07 bits per heavy atom. The van der Waals surface area contributed by atoms with Gasteiger partial charge in [0.25, 0.3) is 10.0 Å². The van der Waals surface area contributed by atoms with Crippen LogP contribution in [0, 0.1) is 5.82 Å². The summed E-state index contributed by atoms with van der Waals surface area (Å²) in [6.07, 6.45) is 6.71. The van der Waals surface area contributed by atoms with Crippen LogP contribution >= 0.6 is 11.6 Å². The van der Waals surface area contributed by atoms with Crippen molar-refractivity contribution in [3.8, 4) is 5.75 Å². The summed E-state index contributed by atoms with van der Waals surface area (Å²) in [4.78, 5) is 6.90. The van der Waals surface area contributed by atoms with Crippen LogP contribution in [0.25, 0.3) is 0 Å². The number of sulfonamides is 1. The summed E-state index contributed by atoms with van der Waals surface area (Å²) in [5.41, 5.74) is 1.03. The van der Waals surface area contributed by atoms with Crippen molar-refractivity contribution in [1.82, 2.24) is 19.7 Å². The molecular formula is C19H19ClFN5O3S. The van der Waals surface area contributed by atoms with Crippen LogP contribution in [0.1, 0.15) is 30.9 Å². The molecule has 0 radical (unpaired) electrons. The molecule has 1 aromatic carbocycles. The van der Waals surface area contributed by atoms with E-state index in [9.17, 15) is 12.8 Å². The van der Waals surface area contributed by atoms with E-state index in [1.165, 1.54) is 24.7 Å². The molecule has 1 aliphatic rings. The third kappa shape index (κ3) is 3.97. The molecule has 0 amide bonds. The van der Waals surface area contributed by atoms with Crippen molar-refractivity contribution in [1.29, 1.82) is 0 Å². The third-order valence-electron chi connectivity index (χ3n) is 5.09. The summed E-state index contributed by atoms with van der Waals surface area (Å²) in [6, 6.07) is 5.79. The predicted octanol–water partition coefficient (Wildman–Crippen LogP) is 3.52. The minimum absolute atomic E-state index is 0.0193. The molecule has 0 spiro atoms. The molecule has 158 valence electrons. The van der Waals surface area contributed by atoms with Crippen LogP contribution in [0.4, 0.5) is 10.2 Å². The number of rotatable bonds is 6. The van der Waals surface area contributed by atoms with E-state index in [0.717, 1.165) is 31.0 Å². The van der Waals surface area contributed by atoms with Crippen LogP contribution < -0.4 is 9.46 Å². The summed E-state index contributed by atoms with van der Waals surface area (Å²) in [5, 5.41) is 3.82. The molecule has 30 heavy (non-hydrogen) atoms. The fourth-order valence-electron chi connectivity index (χ4n) is 3.67. The second kappa shape index (κ2) is 8.19. The molecule has 0 aliphatic heterocycles. The van der Waals surface area contributed by atoms with Crippen LogP contribution in [0.2, 0.25) is 5.02 Å². The average molecular weight is 452 g/mol. The minimum Gasteiger partial charge on any atom is -0.488 e. The molecule has 2 heterocycles. The van der Waals surface area contributed by atoms with E-state index < -0.39 is 20.7 Å². The molecule has 0 bridgehead atoms. The van der Waals surface area contributed by atoms with Gasteiger partial charge in [-0.3, -0.25) is 9.40 Å². The Kier molecular flexibility index (Phi) is 5.61. The molecule has 11 heteroatoms. The molecule has 8 nitrogen and oxygen atoms in total. The van der Waals surface area contributed by atoms with Crippen LogP contribution in [-0.2, 0) is 17.1 Å². The molecule has 3 aromatic rings. The van der Waals surface area contributed by atoms with Crippen molar-refractivity contribution in [2.75, 3.05) is 4.72 Å². The molecule has 0 unspecified atom stereocenters. The number of aromatic nitrogens is 4. The van der Waals surface area contributed by atoms with Gasteiger partial charge in [0.05, 0.1) is 0 Å². The number of benzene rings is 1. The number of anilines is 1. The highest BCUT2D eigenvalue weighted by molar-refractivity contribution is 7.92. The van der Waals surface area contributed by atoms with Gasteiger partial charge in [0.1, 0.15) is 33.9 Å². The maximum Gasteiger partial charge on any atom is 0.266 e. The minimum atomic E-state index is -4.23. The first-order chi connectivity index (χ1) is 14.4. The molecule has 0 saturated heterocycles. The lowest BCUT2D eigenvalue weighted by Crippen LogP contribution is -2.22. The lowest BCUT2D eigenvalue weighted by atomic mass is 10.0. The first-order valence-electron chi connectivity index (χ1n) is 9.28. The Hall–Kier alpha value is -2.72. The van der Waals surface area contributed by atoms with E-state index in [0.29, 0.717) is 0 Å².